The molecule has 2 fully saturated rings. The molecule has 2 atom stereocenters. The Labute approximate surface area is 162 Å². The molecule has 0 aromatic carbocycles. The van der Waals surface area contributed by atoms with Crippen molar-refractivity contribution in [2.45, 2.75) is 63.6 Å². The highest BCUT2D eigenvalue weighted by atomic mass is 16.8. The van der Waals surface area contributed by atoms with Crippen molar-refractivity contribution in [3.63, 3.8) is 0 Å². The zero-order valence-electron chi connectivity index (χ0n) is 15.7. The third-order valence-electron chi connectivity index (χ3n) is 4.17. The van der Waals surface area contributed by atoms with Gasteiger partial charge in [0, 0.05) is 12.8 Å². The number of esters is 2. The van der Waals surface area contributed by atoms with Crippen LogP contribution >= 0.6 is 0 Å². The van der Waals surface area contributed by atoms with E-state index >= 15 is 0 Å². The topological polar surface area (TPSA) is 124 Å². The molecule has 0 amide bonds. The summed E-state index contributed by atoms with van der Waals surface area (Å²) in [7, 11) is 0. The lowest BCUT2D eigenvalue weighted by molar-refractivity contribution is -0.147. The Balaban J connectivity index is 1.34. The average Bonchev–Trinajstić information content (AvgIpc) is 3.28. The SMILES string of the molecule is O=C(CCCCCCCCC(=O)OCC1COC(=O)O1)OCC1COC(=O)O1. The predicted octanol–water partition coefficient (Wildman–Crippen LogP) is 2.26. The molecule has 2 saturated heterocycles. The number of cyclic esters (lactones) is 4. The molecule has 10 nitrogen and oxygen atoms in total. The van der Waals surface area contributed by atoms with E-state index in [1.54, 1.807) is 0 Å². The summed E-state index contributed by atoms with van der Waals surface area (Å²) in [6.45, 7) is 0.276. The normalized spacial score (nSPS) is 20.7. The summed E-state index contributed by atoms with van der Waals surface area (Å²) >= 11 is 0. The molecule has 158 valence electrons. The molecular formula is C18H26O10. The highest BCUT2D eigenvalue weighted by molar-refractivity contribution is 5.69. The molecular weight excluding hydrogens is 376 g/mol. The zero-order valence-corrected chi connectivity index (χ0v) is 15.7. The molecule has 0 saturated carbocycles. The first-order valence-corrected chi connectivity index (χ1v) is 9.51. The summed E-state index contributed by atoms with van der Waals surface area (Å²) in [6, 6.07) is 0. The molecule has 28 heavy (non-hydrogen) atoms. The van der Waals surface area contributed by atoms with Crippen LogP contribution in [-0.2, 0) is 38.0 Å². The van der Waals surface area contributed by atoms with Gasteiger partial charge in [0.1, 0.15) is 26.4 Å². The fourth-order valence-corrected chi connectivity index (χ4v) is 2.66. The number of carbonyl (C=O) groups excluding carboxylic acids is 4. The van der Waals surface area contributed by atoms with Gasteiger partial charge in [0.15, 0.2) is 12.2 Å². The van der Waals surface area contributed by atoms with Crippen LogP contribution in [0.4, 0.5) is 9.59 Å². The van der Waals surface area contributed by atoms with E-state index < -0.39 is 24.5 Å². The predicted molar refractivity (Wildman–Crippen MR) is 91.3 cm³/mol. The van der Waals surface area contributed by atoms with Gasteiger partial charge in [-0.2, -0.15) is 0 Å². The lowest BCUT2D eigenvalue weighted by atomic mass is 10.1. The van der Waals surface area contributed by atoms with Crippen molar-refractivity contribution >= 4 is 24.2 Å². The monoisotopic (exact) mass is 402 g/mol. The van der Waals surface area contributed by atoms with Gasteiger partial charge in [-0.1, -0.05) is 25.7 Å². The third-order valence-corrected chi connectivity index (χ3v) is 4.17. The van der Waals surface area contributed by atoms with Gasteiger partial charge in [0.25, 0.3) is 0 Å². The van der Waals surface area contributed by atoms with Crippen LogP contribution < -0.4 is 0 Å². The van der Waals surface area contributed by atoms with Crippen molar-refractivity contribution in [3.05, 3.63) is 0 Å². The zero-order chi connectivity index (χ0) is 20.2. The molecule has 10 heteroatoms. The smallest absolute Gasteiger partial charge is 0.462 e. The molecule has 0 bridgehead atoms. The second-order valence-electron chi connectivity index (χ2n) is 6.59. The van der Waals surface area contributed by atoms with Gasteiger partial charge < -0.3 is 28.4 Å². The Morgan fingerprint density at radius 2 is 1.11 bits per heavy atom. The maximum absolute atomic E-state index is 11.6. The van der Waals surface area contributed by atoms with E-state index in [0.717, 1.165) is 38.5 Å². The number of carbonyl (C=O) groups is 4. The van der Waals surface area contributed by atoms with Crippen LogP contribution in [0.25, 0.3) is 0 Å². The highest BCUT2D eigenvalue weighted by Crippen LogP contribution is 2.12. The molecule has 0 aromatic heterocycles. The molecule has 2 aliphatic heterocycles. The van der Waals surface area contributed by atoms with E-state index in [1.165, 1.54) is 0 Å². The quantitative estimate of drug-likeness (QED) is 0.257. The fraction of sp³-hybridized carbons (Fsp3) is 0.778. The Bertz CT molecular complexity index is 498. The minimum absolute atomic E-state index is 0.0247. The van der Waals surface area contributed by atoms with Crippen LogP contribution in [0, 0.1) is 0 Å². The first-order chi connectivity index (χ1) is 13.5. The maximum Gasteiger partial charge on any atom is 0.508 e. The van der Waals surface area contributed by atoms with Gasteiger partial charge >= 0.3 is 24.2 Å². The average molecular weight is 402 g/mol. The Morgan fingerprint density at radius 1 is 0.714 bits per heavy atom. The Morgan fingerprint density at radius 3 is 1.46 bits per heavy atom. The van der Waals surface area contributed by atoms with Gasteiger partial charge in [0.05, 0.1) is 0 Å². The van der Waals surface area contributed by atoms with Crippen molar-refractivity contribution in [1.82, 2.24) is 0 Å². The van der Waals surface area contributed by atoms with Crippen LogP contribution in [0.3, 0.4) is 0 Å². The van der Waals surface area contributed by atoms with E-state index in [0.29, 0.717) is 12.8 Å². The molecule has 0 N–H and O–H groups in total. The standard InChI is InChI=1S/C18H26O10/c19-15(23-9-13-11-25-17(21)27-13)7-5-3-1-2-4-6-8-16(20)24-10-14-12-26-18(22)28-14/h13-14H,1-12H2. The lowest BCUT2D eigenvalue weighted by Gasteiger charge is -2.08. The van der Waals surface area contributed by atoms with Crippen LogP contribution in [-0.4, -0.2) is 62.9 Å². The number of hydrogen-bond donors (Lipinski definition) is 0. The van der Waals surface area contributed by atoms with Crippen molar-refractivity contribution in [3.8, 4) is 0 Å². The van der Waals surface area contributed by atoms with Crippen molar-refractivity contribution in [2.75, 3.05) is 26.4 Å². The molecule has 0 spiro atoms. The highest BCUT2D eigenvalue weighted by Gasteiger charge is 2.26. The van der Waals surface area contributed by atoms with E-state index in [1.807, 2.05) is 0 Å². The van der Waals surface area contributed by atoms with Gasteiger partial charge in [-0.15, -0.1) is 0 Å². The van der Waals surface area contributed by atoms with Crippen LogP contribution in [0.5, 0.6) is 0 Å². The molecule has 0 aliphatic carbocycles. The minimum Gasteiger partial charge on any atom is -0.462 e. The molecule has 0 aromatic rings. The number of hydrogen-bond acceptors (Lipinski definition) is 10. The van der Waals surface area contributed by atoms with Gasteiger partial charge in [-0.25, -0.2) is 9.59 Å². The summed E-state index contributed by atoms with van der Waals surface area (Å²) in [4.78, 5) is 44.6. The second-order valence-corrected chi connectivity index (χ2v) is 6.59. The molecule has 2 rings (SSSR count). The van der Waals surface area contributed by atoms with Crippen molar-refractivity contribution in [2.24, 2.45) is 0 Å². The number of rotatable bonds is 13. The third kappa shape index (κ3) is 8.92. The van der Waals surface area contributed by atoms with Crippen molar-refractivity contribution in [1.29, 1.82) is 0 Å². The summed E-state index contributed by atoms with van der Waals surface area (Å²) in [5.41, 5.74) is 0. The first-order valence-electron chi connectivity index (χ1n) is 9.51. The Hall–Kier alpha value is -2.52. The van der Waals surface area contributed by atoms with Crippen LogP contribution in [0.2, 0.25) is 0 Å². The van der Waals surface area contributed by atoms with Crippen LogP contribution in [0.15, 0.2) is 0 Å². The number of ether oxygens (including phenoxy) is 6. The van der Waals surface area contributed by atoms with E-state index in [9.17, 15) is 19.2 Å². The minimum atomic E-state index is -0.733. The lowest BCUT2D eigenvalue weighted by Crippen LogP contribution is -2.20. The fourth-order valence-electron chi connectivity index (χ4n) is 2.66. The first kappa shape index (κ1) is 21.8. The summed E-state index contributed by atoms with van der Waals surface area (Å²) < 4.78 is 28.8. The maximum atomic E-state index is 11.6. The second kappa shape index (κ2) is 12.0. The van der Waals surface area contributed by atoms with E-state index in [-0.39, 0.29) is 38.4 Å². The summed E-state index contributed by atoms with van der Waals surface area (Å²) in [6.07, 6.45) is 3.33. The molecule has 2 unspecified atom stereocenters. The largest absolute Gasteiger partial charge is 0.508 e. The van der Waals surface area contributed by atoms with E-state index in [2.05, 4.69) is 9.47 Å². The van der Waals surface area contributed by atoms with Crippen LogP contribution in [0.1, 0.15) is 51.4 Å². The summed E-state index contributed by atoms with van der Waals surface area (Å²) in [5.74, 6) is -0.631. The molecule has 2 heterocycles. The van der Waals surface area contributed by atoms with Gasteiger partial charge in [-0.3, -0.25) is 9.59 Å². The Kier molecular flexibility index (Phi) is 9.36. The van der Waals surface area contributed by atoms with Gasteiger partial charge in [-0.05, 0) is 12.8 Å². The molecule has 2 aliphatic rings. The van der Waals surface area contributed by atoms with Gasteiger partial charge in [0.2, 0.25) is 0 Å². The molecule has 0 radical (unpaired) electrons. The summed E-state index contributed by atoms with van der Waals surface area (Å²) in [5, 5.41) is 0. The number of unbranched alkanes of at least 4 members (excludes halogenated alkanes) is 5. The van der Waals surface area contributed by atoms with Crippen molar-refractivity contribution < 1.29 is 47.6 Å². The van der Waals surface area contributed by atoms with E-state index in [4.69, 9.17) is 18.9 Å².